The molecule has 0 atom stereocenters. The third-order valence-corrected chi connectivity index (χ3v) is 3.18. The van der Waals surface area contributed by atoms with Crippen molar-refractivity contribution in [1.29, 1.82) is 0 Å². The van der Waals surface area contributed by atoms with Gasteiger partial charge in [-0.3, -0.25) is 9.59 Å². The molecule has 1 amide bonds. The first kappa shape index (κ1) is 15.7. The molecule has 0 aliphatic rings. The molecule has 2 aromatic carbocycles. The van der Waals surface area contributed by atoms with Crippen molar-refractivity contribution in [2.75, 3.05) is 5.32 Å². The summed E-state index contributed by atoms with van der Waals surface area (Å²) in [5, 5.41) is 2.86. The fourth-order valence-corrected chi connectivity index (χ4v) is 2.14. The Bertz CT molecular complexity index is 658. The Morgan fingerprint density at radius 3 is 2.18 bits per heavy atom. The molecule has 0 heterocycles. The van der Waals surface area contributed by atoms with Crippen molar-refractivity contribution >= 4 is 17.4 Å². The average molecular weight is 293 g/mol. The van der Waals surface area contributed by atoms with Gasteiger partial charge in [-0.15, -0.1) is 0 Å². The third-order valence-electron chi connectivity index (χ3n) is 3.18. The molecule has 3 nitrogen and oxygen atoms in total. The second-order valence-corrected chi connectivity index (χ2v) is 5.05. The summed E-state index contributed by atoms with van der Waals surface area (Å²) in [6.45, 7) is 1.82. The molecular weight excluding hydrogens is 274 g/mol. The fraction of sp³-hybridized carbons (Fsp3) is 0.158. The van der Waals surface area contributed by atoms with Gasteiger partial charge in [0.05, 0.1) is 6.42 Å². The van der Waals surface area contributed by atoms with Crippen LogP contribution in [0.3, 0.4) is 0 Å². The lowest BCUT2D eigenvalue weighted by atomic mass is 10.1. The van der Waals surface area contributed by atoms with Gasteiger partial charge in [0.2, 0.25) is 5.91 Å². The smallest absolute Gasteiger partial charge is 0.228 e. The van der Waals surface area contributed by atoms with E-state index in [4.69, 9.17) is 0 Å². The zero-order valence-corrected chi connectivity index (χ0v) is 12.6. The van der Waals surface area contributed by atoms with Gasteiger partial charge in [-0.2, -0.15) is 0 Å². The second kappa shape index (κ2) is 7.93. The molecule has 0 spiro atoms. The number of benzene rings is 2. The molecule has 0 aliphatic heterocycles. The molecule has 0 saturated heterocycles. The number of rotatable bonds is 6. The van der Waals surface area contributed by atoms with Crippen LogP contribution in [0, 0.1) is 0 Å². The van der Waals surface area contributed by atoms with E-state index in [9.17, 15) is 9.59 Å². The van der Waals surface area contributed by atoms with Gasteiger partial charge in [0, 0.05) is 12.1 Å². The minimum absolute atomic E-state index is 0.0519. The number of amides is 1. The Hall–Kier alpha value is -2.68. The largest absolute Gasteiger partial charge is 0.326 e. The first-order valence-corrected chi connectivity index (χ1v) is 7.25. The molecule has 0 fully saturated rings. The predicted molar refractivity (Wildman–Crippen MR) is 88.7 cm³/mol. The lowest BCUT2D eigenvalue weighted by Gasteiger charge is -2.06. The first-order chi connectivity index (χ1) is 10.7. The van der Waals surface area contributed by atoms with Crippen molar-refractivity contribution in [2.24, 2.45) is 0 Å². The summed E-state index contributed by atoms with van der Waals surface area (Å²) in [7, 11) is 0. The lowest BCUT2D eigenvalue weighted by molar-refractivity contribution is -0.116. The Morgan fingerprint density at radius 1 is 0.909 bits per heavy atom. The molecule has 0 aliphatic carbocycles. The standard InChI is InChI=1S/C19H19NO2/c1-2-6-18(21)13-16-9-11-17(12-10-16)20-19(22)14-15-7-4-3-5-8-15/h2-12H,13-14H2,1H3,(H,20,22)/b6-2+. The van der Waals surface area contributed by atoms with Crippen LogP contribution in [0.15, 0.2) is 66.7 Å². The van der Waals surface area contributed by atoms with Gasteiger partial charge in [-0.1, -0.05) is 48.5 Å². The van der Waals surface area contributed by atoms with Crippen LogP contribution in [-0.4, -0.2) is 11.7 Å². The Balaban J connectivity index is 1.91. The fourth-order valence-electron chi connectivity index (χ4n) is 2.14. The van der Waals surface area contributed by atoms with Crippen molar-refractivity contribution in [2.45, 2.75) is 19.8 Å². The maximum Gasteiger partial charge on any atom is 0.228 e. The highest BCUT2D eigenvalue weighted by molar-refractivity contribution is 5.93. The van der Waals surface area contributed by atoms with Crippen molar-refractivity contribution in [1.82, 2.24) is 0 Å². The van der Waals surface area contributed by atoms with Crippen LogP contribution in [0.1, 0.15) is 18.1 Å². The average Bonchev–Trinajstić information content (AvgIpc) is 2.50. The minimum Gasteiger partial charge on any atom is -0.326 e. The molecule has 0 bridgehead atoms. The zero-order valence-electron chi connectivity index (χ0n) is 12.6. The number of carbonyl (C=O) groups is 2. The van der Waals surface area contributed by atoms with Crippen molar-refractivity contribution < 1.29 is 9.59 Å². The van der Waals surface area contributed by atoms with Gasteiger partial charge in [0.1, 0.15) is 0 Å². The van der Waals surface area contributed by atoms with Crippen LogP contribution in [0.2, 0.25) is 0 Å². The quantitative estimate of drug-likeness (QED) is 0.828. The SMILES string of the molecule is C/C=C/C(=O)Cc1ccc(NC(=O)Cc2ccccc2)cc1. The van der Waals surface area contributed by atoms with Gasteiger partial charge < -0.3 is 5.32 Å². The molecule has 0 unspecified atom stereocenters. The lowest BCUT2D eigenvalue weighted by Crippen LogP contribution is -2.14. The number of carbonyl (C=O) groups excluding carboxylic acids is 2. The number of hydrogen-bond acceptors (Lipinski definition) is 2. The van der Waals surface area contributed by atoms with E-state index < -0.39 is 0 Å². The topological polar surface area (TPSA) is 46.2 Å². The van der Waals surface area contributed by atoms with Gasteiger partial charge in [-0.05, 0) is 36.3 Å². The van der Waals surface area contributed by atoms with E-state index in [0.717, 1.165) is 16.8 Å². The minimum atomic E-state index is -0.0519. The summed E-state index contributed by atoms with van der Waals surface area (Å²) in [5.41, 5.74) is 2.65. The second-order valence-electron chi connectivity index (χ2n) is 5.05. The van der Waals surface area contributed by atoms with Gasteiger partial charge >= 0.3 is 0 Å². The van der Waals surface area contributed by atoms with E-state index in [2.05, 4.69) is 5.32 Å². The van der Waals surface area contributed by atoms with E-state index in [1.807, 2.05) is 61.5 Å². The van der Waals surface area contributed by atoms with Gasteiger partial charge in [-0.25, -0.2) is 0 Å². The van der Waals surface area contributed by atoms with Crippen LogP contribution in [-0.2, 0) is 22.4 Å². The van der Waals surface area contributed by atoms with E-state index in [1.165, 1.54) is 0 Å². The Labute approximate surface area is 130 Å². The van der Waals surface area contributed by atoms with Gasteiger partial charge in [0.25, 0.3) is 0 Å². The Morgan fingerprint density at radius 2 is 1.55 bits per heavy atom. The summed E-state index contributed by atoms with van der Waals surface area (Å²) < 4.78 is 0. The maximum atomic E-state index is 12.0. The molecule has 3 heteroatoms. The highest BCUT2D eigenvalue weighted by Crippen LogP contribution is 2.11. The summed E-state index contributed by atoms with van der Waals surface area (Å²) in [6, 6.07) is 17.0. The molecule has 112 valence electrons. The molecule has 1 N–H and O–H groups in total. The summed E-state index contributed by atoms with van der Waals surface area (Å²) in [4.78, 5) is 23.5. The molecule has 2 rings (SSSR count). The van der Waals surface area contributed by atoms with Gasteiger partial charge in [0.15, 0.2) is 5.78 Å². The predicted octanol–water partition coefficient (Wildman–Crippen LogP) is 3.56. The van der Waals surface area contributed by atoms with Crippen LogP contribution >= 0.6 is 0 Å². The highest BCUT2D eigenvalue weighted by atomic mass is 16.1. The number of hydrogen-bond donors (Lipinski definition) is 1. The molecule has 0 saturated carbocycles. The summed E-state index contributed by atoms with van der Waals surface area (Å²) in [6.07, 6.45) is 4.03. The Kier molecular flexibility index (Phi) is 5.66. The zero-order chi connectivity index (χ0) is 15.8. The number of allylic oxidation sites excluding steroid dienone is 2. The van der Waals surface area contributed by atoms with Crippen LogP contribution < -0.4 is 5.32 Å². The van der Waals surface area contributed by atoms with E-state index in [-0.39, 0.29) is 11.7 Å². The summed E-state index contributed by atoms with van der Waals surface area (Å²) in [5.74, 6) is 0.0207. The van der Waals surface area contributed by atoms with E-state index >= 15 is 0 Å². The molecule has 22 heavy (non-hydrogen) atoms. The maximum absolute atomic E-state index is 12.0. The number of ketones is 1. The number of anilines is 1. The first-order valence-electron chi connectivity index (χ1n) is 7.25. The van der Waals surface area contributed by atoms with Crippen molar-refractivity contribution in [3.63, 3.8) is 0 Å². The van der Waals surface area contributed by atoms with E-state index in [1.54, 1.807) is 12.2 Å². The van der Waals surface area contributed by atoms with Crippen LogP contribution in [0.25, 0.3) is 0 Å². The van der Waals surface area contributed by atoms with E-state index in [0.29, 0.717) is 12.8 Å². The van der Waals surface area contributed by atoms with Crippen LogP contribution in [0.4, 0.5) is 5.69 Å². The third kappa shape index (κ3) is 5.02. The monoisotopic (exact) mass is 293 g/mol. The molecule has 0 radical (unpaired) electrons. The molecule has 0 aromatic heterocycles. The molecule has 2 aromatic rings. The number of nitrogens with one attached hydrogen (secondary N) is 1. The highest BCUT2D eigenvalue weighted by Gasteiger charge is 2.04. The van der Waals surface area contributed by atoms with Crippen molar-refractivity contribution in [3.8, 4) is 0 Å². The molecular formula is C19H19NO2. The van der Waals surface area contributed by atoms with Crippen molar-refractivity contribution in [3.05, 3.63) is 77.9 Å². The normalized spacial score (nSPS) is 10.6. The van der Waals surface area contributed by atoms with Crippen LogP contribution in [0.5, 0.6) is 0 Å². The summed E-state index contributed by atoms with van der Waals surface area (Å²) >= 11 is 0.